The van der Waals surface area contributed by atoms with Crippen LogP contribution in [0.5, 0.6) is 5.88 Å². The number of aliphatic hydroxyl groups is 1. The van der Waals surface area contributed by atoms with E-state index < -0.39 is 12.5 Å². The molecule has 2 heterocycles. The van der Waals surface area contributed by atoms with Crippen molar-refractivity contribution in [2.24, 2.45) is 5.41 Å². The van der Waals surface area contributed by atoms with Gasteiger partial charge >= 0.3 is 0 Å². The lowest BCUT2D eigenvalue weighted by atomic mass is 9.53. The molecule has 2 aromatic rings. The smallest absolute Gasteiger partial charge is 0.278 e. The molecule has 0 aliphatic heterocycles. The highest BCUT2D eigenvalue weighted by molar-refractivity contribution is 5.54. The van der Waals surface area contributed by atoms with Crippen LogP contribution in [0.2, 0.25) is 0 Å². The highest BCUT2D eigenvalue weighted by atomic mass is 19.3. The summed E-state index contributed by atoms with van der Waals surface area (Å²) in [6.45, 7) is 0.127. The van der Waals surface area contributed by atoms with Gasteiger partial charge in [0.1, 0.15) is 23.8 Å². The van der Waals surface area contributed by atoms with Gasteiger partial charge in [-0.05, 0) is 31.1 Å². The van der Waals surface area contributed by atoms with Gasteiger partial charge < -0.3 is 20.5 Å². The Hall–Kier alpha value is -3.13. The number of anilines is 2. The van der Waals surface area contributed by atoms with Crippen LogP contribution in [0, 0.1) is 16.7 Å². The summed E-state index contributed by atoms with van der Waals surface area (Å²) in [5, 5.41) is 25.2. The number of rotatable bonds is 8. The summed E-state index contributed by atoms with van der Waals surface area (Å²) in [5.74, 6) is -2.22. The Kier molecular flexibility index (Phi) is 5.58. The Morgan fingerprint density at radius 1 is 1.29 bits per heavy atom. The molecular formula is C20H23F2N7O2. The monoisotopic (exact) mass is 431 g/mol. The van der Waals surface area contributed by atoms with Crippen molar-refractivity contribution in [2.45, 2.75) is 57.2 Å². The van der Waals surface area contributed by atoms with E-state index in [2.05, 4.69) is 36.6 Å². The van der Waals surface area contributed by atoms with Crippen LogP contribution in [0.15, 0.2) is 18.7 Å². The van der Waals surface area contributed by atoms with Crippen LogP contribution in [-0.2, 0) is 6.54 Å². The Bertz CT molecular complexity index is 978. The molecule has 9 nitrogen and oxygen atoms in total. The third-order valence-electron chi connectivity index (χ3n) is 5.59. The third-order valence-corrected chi connectivity index (χ3v) is 5.59. The van der Waals surface area contributed by atoms with Crippen molar-refractivity contribution >= 4 is 11.8 Å². The molecule has 31 heavy (non-hydrogen) atoms. The lowest BCUT2D eigenvalue weighted by molar-refractivity contribution is -0.0868. The minimum absolute atomic E-state index is 0.0541. The molecule has 0 bridgehead atoms. The zero-order valence-electron chi connectivity index (χ0n) is 17.0. The topological polar surface area (TPSA) is 129 Å². The van der Waals surface area contributed by atoms with Crippen molar-refractivity contribution < 1.29 is 18.6 Å². The van der Waals surface area contributed by atoms with Gasteiger partial charge in [-0.1, -0.05) is 0 Å². The number of nitriles is 1. The number of alkyl halides is 2. The van der Waals surface area contributed by atoms with E-state index in [1.165, 1.54) is 18.7 Å². The highest BCUT2D eigenvalue weighted by Crippen LogP contribution is 2.56. The lowest BCUT2D eigenvalue weighted by Crippen LogP contribution is -2.54. The van der Waals surface area contributed by atoms with Gasteiger partial charge in [-0.25, -0.2) is 23.7 Å². The second kappa shape index (κ2) is 8.19. The maximum Gasteiger partial charge on any atom is 0.278 e. The van der Waals surface area contributed by atoms with Gasteiger partial charge in [0, 0.05) is 25.7 Å². The highest BCUT2D eigenvalue weighted by Gasteiger charge is 2.52. The maximum absolute atomic E-state index is 13.1. The molecule has 164 valence electrons. The van der Waals surface area contributed by atoms with Crippen molar-refractivity contribution in [1.82, 2.24) is 19.9 Å². The molecule has 2 fully saturated rings. The lowest BCUT2D eigenvalue weighted by Gasteiger charge is -2.56. The first-order valence-corrected chi connectivity index (χ1v) is 10.0. The van der Waals surface area contributed by atoms with E-state index in [0.29, 0.717) is 16.9 Å². The Balaban J connectivity index is 1.39. The van der Waals surface area contributed by atoms with Gasteiger partial charge in [0.25, 0.3) is 5.92 Å². The van der Waals surface area contributed by atoms with Crippen LogP contribution in [0.4, 0.5) is 20.5 Å². The molecule has 11 heteroatoms. The molecule has 0 atom stereocenters. The SMILES string of the molecule is CC(F)(F)COc1ncncc1CNc1ncc(C#N)c(NC2CC3(CC(O)C3)C2)n1. The molecule has 4 rings (SSSR count). The number of hydrogen-bond donors (Lipinski definition) is 3. The fraction of sp³-hybridized carbons (Fsp3) is 0.550. The molecule has 2 aliphatic carbocycles. The third kappa shape index (κ3) is 4.96. The van der Waals surface area contributed by atoms with Gasteiger partial charge in [0.15, 0.2) is 6.61 Å². The van der Waals surface area contributed by atoms with Crippen LogP contribution >= 0.6 is 0 Å². The predicted octanol–water partition coefficient (Wildman–Crippen LogP) is 2.50. The summed E-state index contributed by atoms with van der Waals surface area (Å²) >= 11 is 0. The van der Waals surface area contributed by atoms with Crippen molar-refractivity contribution in [3.05, 3.63) is 29.8 Å². The summed E-state index contributed by atoms with van der Waals surface area (Å²) < 4.78 is 31.3. The first kappa shape index (κ1) is 21.1. The molecule has 0 aromatic carbocycles. The molecule has 2 aliphatic rings. The van der Waals surface area contributed by atoms with E-state index in [9.17, 15) is 19.1 Å². The fourth-order valence-corrected chi connectivity index (χ4v) is 4.18. The van der Waals surface area contributed by atoms with Crippen LogP contribution in [0.1, 0.15) is 43.7 Å². The minimum Gasteiger partial charge on any atom is -0.471 e. The number of ether oxygens (including phenoxy) is 1. The number of nitrogens with zero attached hydrogens (tertiary/aromatic N) is 5. The maximum atomic E-state index is 13.1. The standard InChI is InChI=1S/C20H23F2N7O2/c1-19(21,22)10-31-17-13(7-24-11-27-17)9-26-18-25-8-12(6-23)16(29-18)28-14-2-20(3-14)4-15(30)5-20/h7-8,11,14-15,30H,2-5,9-10H2,1H3,(H2,25,26,28,29). The van der Waals surface area contributed by atoms with E-state index in [-0.39, 0.29) is 35.9 Å². The second-order valence-electron chi connectivity index (χ2n) is 8.44. The van der Waals surface area contributed by atoms with Crippen molar-refractivity contribution in [3.63, 3.8) is 0 Å². The molecular weight excluding hydrogens is 408 g/mol. The van der Waals surface area contributed by atoms with Gasteiger partial charge in [0.2, 0.25) is 11.8 Å². The minimum atomic E-state index is -2.98. The van der Waals surface area contributed by atoms with E-state index in [1.54, 1.807) is 0 Å². The molecule has 0 saturated heterocycles. The van der Waals surface area contributed by atoms with E-state index in [4.69, 9.17) is 4.74 Å². The number of hydrogen-bond acceptors (Lipinski definition) is 9. The van der Waals surface area contributed by atoms with Crippen molar-refractivity contribution in [2.75, 3.05) is 17.2 Å². The van der Waals surface area contributed by atoms with E-state index in [1.807, 2.05) is 0 Å². The number of halogens is 2. The molecule has 2 aromatic heterocycles. The van der Waals surface area contributed by atoms with Gasteiger partial charge in [-0.15, -0.1) is 0 Å². The van der Waals surface area contributed by atoms with E-state index >= 15 is 0 Å². The molecule has 0 amide bonds. The second-order valence-corrected chi connectivity index (χ2v) is 8.44. The zero-order chi connectivity index (χ0) is 22.1. The Morgan fingerprint density at radius 2 is 2.06 bits per heavy atom. The Morgan fingerprint density at radius 3 is 2.74 bits per heavy atom. The van der Waals surface area contributed by atoms with Crippen LogP contribution < -0.4 is 15.4 Å². The Labute approximate surface area is 177 Å². The summed E-state index contributed by atoms with van der Waals surface area (Å²) in [5.41, 5.74) is 1.04. The van der Waals surface area contributed by atoms with Gasteiger partial charge in [0.05, 0.1) is 17.9 Å². The average Bonchev–Trinajstić information content (AvgIpc) is 2.68. The van der Waals surface area contributed by atoms with E-state index in [0.717, 1.165) is 32.6 Å². The van der Waals surface area contributed by atoms with Crippen molar-refractivity contribution in [3.8, 4) is 11.9 Å². The van der Waals surface area contributed by atoms with Gasteiger partial charge in [-0.3, -0.25) is 0 Å². The zero-order valence-corrected chi connectivity index (χ0v) is 17.0. The summed E-state index contributed by atoms with van der Waals surface area (Å²) in [6.07, 6.45) is 7.46. The first-order chi connectivity index (χ1) is 14.8. The molecule has 2 saturated carbocycles. The normalized spacial score (nSPS) is 24.6. The quantitative estimate of drug-likeness (QED) is 0.577. The number of aliphatic hydroxyl groups excluding tert-OH is 1. The van der Waals surface area contributed by atoms with Crippen molar-refractivity contribution in [1.29, 1.82) is 5.26 Å². The first-order valence-electron chi connectivity index (χ1n) is 10.0. The largest absolute Gasteiger partial charge is 0.471 e. The molecule has 3 N–H and O–H groups in total. The van der Waals surface area contributed by atoms with Gasteiger partial charge in [-0.2, -0.15) is 10.2 Å². The van der Waals surface area contributed by atoms with Crippen LogP contribution in [0.25, 0.3) is 0 Å². The fourth-order valence-electron chi connectivity index (χ4n) is 4.18. The van der Waals surface area contributed by atoms with Crippen LogP contribution in [0.3, 0.4) is 0 Å². The predicted molar refractivity (Wildman–Crippen MR) is 107 cm³/mol. The number of aromatic nitrogens is 4. The molecule has 0 radical (unpaired) electrons. The summed E-state index contributed by atoms with van der Waals surface area (Å²) in [6, 6.07) is 2.27. The number of nitrogens with one attached hydrogen (secondary N) is 2. The summed E-state index contributed by atoms with van der Waals surface area (Å²) in [4.78, 5) is 16.3. The molecule has 0 unspecified atom stereocenters. The molecule has 1 spiro atoms. The average molecular weight is 431 g/mol. The summed E-state index contributed by atoms with van der Waals surface area (Å²) in [7, 11) is 0. The van der Waals surface area contributed by atoms with Crippen LogP contribution in [-0.4, -0.2) is 49.7 Å².